The van der Waals surface area contributed by atoms with Crippen molar-refractivity contribution in [3.05, 3.63) is 0 Å². The van der Waals surface area contributed by atoms with Gasteiger partial charge >= 0.3 is 5.97 Å². The minimum atomic E-state index is -0.467. The number of carbonyl (C=O) groups is 1. The number of carbonyl (C=O) groups excluding carboxylic acids is 1. The summed E-state index contributed by atoms with van der Waals surface area (Å²) >= 11 is 1.30. The lowest BCUT2D eigenvalue weighted by atomic mass is 10.1. The lowest BCUT2D eigenvalue weighted by Gasteiger charge is -2.26. The molecule has 0 radical (unpaired) electrons. The predicted molar refractivity (Wildman–Crippen MR) is 70.5 cm³/mol. The number of hydrogen-bond acceptors (Lipinski definition) is 7. The molecule has 0 saturated carbocycles. The third kappa shape index (κ3) is 2.90. The first-order valence-electron chi connectivity index (χ1n) is 5.95. The monoisotopic (exact) mass is 270 g/mol. The Morgan fingerprint density at radius 3 is 2.78 bits per heavy atom. The number of nitrogens with zero attached hydrogens (tertiary/aromatic N) is 3. The van der Waals surface area contributed by atoms with Crippen molar-refractivity contribution in [2.75, 3.05) is 17.2 Å². The van der Waals surface area contributed by atoms with Crippen molar-refractivity contribution in [1.29, 1.82) is 0 Å². The van der Waals surface area contributed by atoms with Gasteiger partial charge in [-0.3, -0.25) is 0 Å². The second kappa shape index (κ2) is 4.72. The summed E-state index contributed by atoms with van der Waals surface area (Å²) in [7, 11) is 0. The van der Waals surface area contributed by atoms with E-state index in [0.717, 1.165) is 19.4 Å². The molecule has 1 fully saturated rings. The molecule has 2 heterocycles. The van der Waals surface area contributed by atoms with E-state index < -0.39 is 5.60 Å². The SMILES string of the molecule is CC(C)(C)OC(=O)[C@@H]1CCCN1c1nnc(N)s1. The van der Waals surface area contributed by atoms with E-state index in [1.165, 1.54) is 11.3 Å². The number of rotatable bonds is 2. The molecule has 1 aliphatic heterocycles. The molecule has 1 aromatic rings. The van der Waals surface area contributed by atoms with Gasteiger partial charge < -0.3 is 15.4 Å². The van der Waals surface area contributed by atoms with Gasteiger partial charge in [0.25, 0.3) is 0 Å². The topological polar surface area (TPSA) is 81.3 Å². The van der Waals surface area contributed by atoms with Crippen LogP contribution in [0.4, 0.5) is 10.3 Å². The Balaban J connectivity index is 2.10. The van der Waals surface area contributed by atoms with Crippen LogP contribution in [0.1, 0.15) is 33.6 Å². The van der Waals surface area contributed by atoms with Crippen molar-refractivity contribution in [2.45, 2.75) is 45.3 Å². The molecule has 1 aromatic heterocycles. The molecule has 0 bridgehead atoms. The summed E-state index contributed by atoms with van der Waals surface area (Å²) in [5, 5.41) is 8.88. The highest BCUT2D eigenvalue weighted by Crippen LogP contribution is 2.30. The fraction of sp³-hybridized carbons (Fsp3) is 0.727. The van der Waals surface area contributed by atoms with E-state index in [9.17, 15) is 4.79 Å². The van der Waals surface area contributed by atoms with E-state index >= 15 is 0 Å². The maximum absolute atomic E-state index is 12.1. The summed E-state index contributed by atoms with van der Waals surface area (Å²) in [6.45, 7) is 6.39. The summed E-state index contributed by atoms with van der Waals surface area (Å²) in [4.78, 5) is 14.0. The van der Waals surface area contributed by atoms with Crippen molar-refractivity contribution in [2.24, 2.45) is 0 Å². The van der Waals surface area contributed by atoms with E-state index in [0.29, 0.717) is 10.3 Å². The molecule has 0 aliphatic carbocycles. The average Bonchev–Trinajstić information content (AvgIpc) is 2.81. The Morgan fingerprint density at radius 2 is 2.22 bits per heavy atom. The van der Waals surface area contributed by atoms with Crippen LogP contribution in [0.2, 0.25) is 0 Å². The molecular formula is C11H18N4O2S. The zero-order valence-corrected chi connectivity index (χ0v) is 11.7. The first-order valence-corrected chi connectivity index (χ1v) is 6.77. The van der Waals surface area contributed by atoms with Gasteiger partial charge in [0, 0.05) is 6.54 Å². The predicted octanol–water partition coefficient (Wildman–Crippen LogP) is 1.43. The molecule has 100 valence electrons. The third-order valence-electron chi connectivity index (χ3n) is 2.61. The van der Waals surface area contributed by atoms with E-state index in [1.54, 1.807) is 0 Å². The van der Waals surface area contributed by atoms with Gasteiger partial charge in [0.15, 0.2) is 0 Å². The lowest BCUT2D eigenvalue weighted by Crippen LogP contribution is -2.40. The molecule has 1 atom stereocenters. The molecule has 0 amide bonds. The molecule has 0 unspecified atom stereocenters. The van der Waals surface area contributed by atoms with Crippen LogP contribution in [-0.2, 0) is 9.53 Å². The zero-order chi connectivity index (χ0) is 13.3. The van der Waals surface area contributed by atoms with Crippen LogP contribution in [0.15, 0.2) is 0 Å². The van der Waals surface area contributed by atoms with Crippen LogP contribution in [0.5, 0.6) is 0 Å². The van der Waals surface area contributed by atoms with Crippen molar-refractivity contribution in [3.63, 3.8) is 0 Å². The minimum Gasteiger partial charge on any atom is -0.458 e. The standard InChI is InChI=1S/C11H18N4O2S/c1-11(2,3)17-8(16)7-5-4-6-15(7)10-14-13-9(12)18-10/h7H,4-6H2,1-3H3,(H2,12,13)/t7-/m0/s1. The fourth-order valence-electron chi connectivity index (χ4n) is 1.95. The summed E-state index contributed by atoms with van der Waals surface area (Å²) in [6.07, 6.45) is 1.73. The smallest absolute Gasteiger partial charge is 0.329 e. The average molecular weight is 270 g/mol. The molecule has 6 nitrogen and oxygen atoms in total. The van der Waals surface area contributed by atoms with Crippen molar-refractivity contribution in [3.8, 4) is 0 Å². The van der Waals surface area contributed by atoms with Gasteiger partial charge in [0.2, 0.25) is 10.3 Å². The van der Waals surface area contributed by atoms with Crippen LogP contribution >= 0.6 is 11.3 Å². The Morgan fingerprint density at radius 1 is 1.50 bits per heavy atom. The Hall–Kier alpha value is -1.37. The molecule has 1 aliphatic rings. The highest BCUT2D eigenvalue weighted by atomic mass is 32.1. The van der Waals surface area contributed by atoms with E-state index in [1.807, 2.05) is 25.7 Å². The van der Waals surface area contributed by atoms with Gasteiger partial charge in [-0.2, -0.15) is 0 Å². The van der Waals surface area contributed by atoms with Crippen LogP contribution < -0.4 is 10.6 Å². The number of anilines is 2. The normalized spacial score (nSPS) is 20.2. The number of ether oxygens (including phenoxy) is 1. The number of hydrogen-bond donors (Lipinski definition) is 1. The summed E-state index contributed by atoms with van der Waals surface area (Å²) < 4.78 is 5.42. The number of aromatic nitrogens is 2. The molecule has 2 N–H and O–H groups in total. The van der Waals surface area contributed by atoms with Crippen molar-refractivity contribution in [1.82, 2.24) is 10.2 Å². The fourth-order valence-corrected chi connectivity index (χ4v) is 2.64. The van der Waals surface area contributed by atoms with Crippen molar-refractivity contribution >= 4 is 27.6 Å². The molecule has 7 heteroatoms. The van der Waals surface area contributed by atoms with Gasteiger partial charge in [-0.05, 0) is 33.6 Å². The Kier molecular flexibility index (Phi) is 3.43. The van der Waals surface area contributed by atoms with Crippen LogP contribution in [-0.4, -0.2) is 34.4 Å². The molecule has 2 rings (SSSR count). The Bertz CT molecular complexity index is 440. The van der Waals surface area contributed by atoms with Gasteiger partial charge in [-0.15, -0.1) is 10.2 Å². The van der Waals surface area contributed by atoms with E-state index in [-0.39, 0.29) is 12.0 Å². The van der Waals surface area contributed by atoms with Crippen LogP contribution in [0, 0.1) is 0 Å². The van der Waals surface area contributed by atoms with E-state index in [2.05, 4.69) is 10.2 Å². The molecular weight excluding hydrogens is 252 g/mol. The van der Waals surface area contributed by atoms with Gasteiger partial charge in [0.05, 0.1) is 0 Å². The summed E-state index contributed by atoms with van der Waals surface area (Å²) in [5.41, 5.74) is 5.10. The number of esters is 1. The second-order valence-corrected chi connectivity index (χ2v) is 6.30. The first kappa shape index (κ1) is 13.1. The molecule has 0 aromatic carbocycles. The highest BCUT2D eigenvalue weighted by Gasteiger charge is 2.35. The van der Waals surface area contributed by atoms with Crippen molar-refractivity contribution < 1.29 is 9.53 Å². The number of nitrogens with two attached hydrogens (primary N) is 1. The maximum atomic E-state index is 12.1. The zero-order valence-electron chi connectivity index (χ0n) is 10.8. The minimum absolute atomic E-state index is 0.200. The second-order valence-electron chi connectivity index (χ2n) is 5.31. The molecule has 1 saturated heterocycles. The van der Waals surface area contributed by atoms with E-state index in [4.69, 9.17) is 10.5 Å². The van der Waals surface area contributed by atoms with Gasteiger partial charge in [-0.1, -0.05) is 11.3 Å². The third-order valence-corrected chi connectivity index (χ3v) is 3.40. The maximum Gasteiger partial charge on any atom is 0.329 e. The van der Waals surface area contributed by atoms with Gasteiger partial charge in [0.1, 0.15) is 11.6 Å². The molecule has 0 spiro atoms. The largest absolute Gasteiger partial charge is 0.458 e. The Labute approximate surface area is 110 Å². The summed E-state index contributed by atoms with van der Waals surface area (Å²) in [6, 6.07) is -0.267. The lowest BCUT2D eigenvalue weighted by molar-refractivity contribution is -0.156. The molecule has 18 heavy (non-hydrogen) atoms. The van der Waals surface area contributed by atoms with Crippen LogP contribution in [0.3, 0.4) is 0 Å². The highest BCUT2D eigenvalue weighted by molar-refractivity contribution is 7.18. The quantitative estimate of drug-likeness (QED) is 0.819. The summed E-state index contributed by atoms with van der Waals surface area (Å²) in [5.74, 6) is -0.200. The first-order chi connectivity index (χ1) is 8.37. The van der Waals surface area contributed by atoms with Gasteiger partial charge in [-0.25, -0.2) is 4.79 Å². The number of nitrogen functional groups attached to an aromatic ring is 1. The van der Waals surface area contributed by atoms with Crippen LogP contribution in [0.25, 0.3) is 0 Å².